The first-order valence-electron chi connectivity index (χ1n) is 5.49. The van der Waals surface area contributed by atoms with Crippen LogP contribution in [-0.4, -0.2) is 18.2 Å². The molecular formula is C12H15BrFNO. The second kappa shape index (κ2) is 4.72. The third-order valence-corrected chi connectivity index (χ3v) is 3.81. The number of phenols is 1. The van der Waals surface area contributed by atoms with Crippen molar-refractivity contribution < 1.29 is 9.50 Å². The molecule has 1 unspecified atom stereocenters. The molecule has 1 aliphatic rings. The standard InChI is InChI=1S/C12H15BrFNO/c1-7-10(14)5-9(13)12(16)11(7)8-3-2-4-15-6-8/h5,8,15-16H,2-4,6H2,1H3. The molecular weight excluding hydrogens is 273 g/mol. The number of nitrogens with one attached hydrogen (secondary N) is 1. The summed E-state index contributed by atoms with van der Waals surface area (Å²) in [6, 6.07) is 1.32. The lowest BCUT2D eigenvalue weighted by Crippen LogP contribution is -2.29. The van der Waals surface area contributed by atoms with Gasteiger partial charge >= 0.3 is 0 Å². The summed E-state index contributed by atoms with van der Waals surface area (Å²) in [4.78, 5) is 0. The van der Waals surface area contributed by atoms with Crippen LogP contribution >= 0.6 is 15.9 Å². The molecule has 0 aliphatic carbocycles. The molecule has 16 heavy (non-hydrogen) atoms. The fourth-order valence-corrected chi connectivity index (χ4v) is 2.74. The van der Waals surface area contributed by atoms with E-state index in [-0.39, 0.29) is 17.5 Å². The first-order chi connectivity index (χ1) is 7.61. The van der Waals surface area contributed by atoms with E-state index in [1.165, 1.54) is 6.07 Å². The monoisotopic (exact) mass is 287 g/mol. The van der Waals surface area contributed by atoms with Crippen molar-refractivity contribution in [3.8, 4) is 5.75 Å². The number of benzene rings is 1. The summed E-state index contributed by atoms with van der Waals surface area (Å²) in [7, 11) is 0. The molecule has 0 radical (unpaired) electrons. The second-order valence-corrected chi connectivity index (χ2v) is 5.13. The zero-order valence-corrected chi connectivity index (χ0v) is 10.8. The molecule has 1 aliphatic heterocycles. The predicted octanol–water partition coefficient (Wildman–Crippen LogP) is 3.07. The topological polar surface area (TPSA) is 32.3 Å². The van der Waals surface area contributed by atoms with Gasteiger partial charge in [-0.05, 0) is 53.9 Å². The number of hydrogen-bond acceptors (Lipinski definition) is 2. The molecule has 0 spiro atoms. The summed E-state index contributed by atoms with van der Waals surface area (Å²) in [5.41, 5.74) is 1.31. The molecule has 1 aromatic carbocycles. The summed E-state index contributed by atoms with van der Waals surface area (Å²) < 4.78 is 14.1. The van der Waals surface area contributed by atoms with Gasteiger partial charge in [0.05, 0.1) is 4.47 Å². The molecule has 88 valence electrons. The van der Waals surface area contributed by atoms with Gasteiger partial charge in [0, 0.05) is 18.0 Å². The van der Waals surface area contributed by atoms with E-state index in [9.17, 15) is 9.50 Å². The number of phenolic OH excluding ortho intramolecular Hbond substituents is 1. The molecule has 0 saturated carbocycles. The van der Waals surface area contributed by atoms with Gasteiger partial charge in [0.2, 0.25) is 0 Å². The average Bonchev–Trinajstić information content (AvgIpc) is 2.28. The predicted molar refractivity (Wildman–Crippen MR) is 65.3 cm³/mol. The highest BCUT2D eigenvalue weighted by Crippen LogP contribution is 2.39. The van der Waals surface area contributed by atoms with Crippen molar-refractivity contribution in [3.05, 3.63) is 27.5 Å². The van der Waals surface area contributed by atoms with Crippen LogP contribution in [0.5, 0.6) is 5.75 Å². The van der Waals surface area contributed by atoms with Crippen LogP contribution in [0, 0.1) is 12.7 Å². The van der Waals surface area contributed by atoms with Crippen molar-refractivity contribution in [1.29, 1.82) is 0 Å². The average molecular weight is 288 g/mol. The van der Waals surface area contributed by atoms with Crippen molar-refractivity contribution in [3.63, 3.8) is 0 Å². The Kier molecular flexibility index (Phi) is 3.50. The van der Waals surface area contributed by atoms with Crippen molar-refractivity contribution in [2.75, 3.05) is 13.1 Å². The third-order valence-electron chi connectivity index (χ3n) is 3.20. The minimum atomic E-state index is -0.259. The second-order valence-electron chi connectivity index (χ2n) is 4.27. The van der Waals surface area contributed by atoms with Gasteiger partial charge < -0.3 is 10.4 Å². The SMILES string of the molecule is Cc1c(F)cc(Br)c(O)c1C1CCCNC1. The maximum absolute atomic E-state index is 13.6. The van der Waals surface area contributed by atoms with Gasteiger partial charge in [0.1, 0.15) is 11.6 Å². The number of halogens is 2. The molecule has 1 saturated heterocycles. The van der Waals surface area contributed by atoms with Crippen LogP contribution in [0.2, 0.25) is 0 Å². The summed E-state index contributed by atoms with van der Waals surface area (Å²) in [5, 5.41) is 13.3. The first kappa shape index (κ1) is 11.9. The molecule has 2 N–H and O–H groups in total. The highest BCUT2D eigenvalue weighted by Gasteiger charge is 2.23. The smallest absolute Gasteiger partial charge is 0.133 e. The Morgan fingerprint density at radius 2 is 2.31 bits per heavy atom. The van der Waals surface area contributed by atoms with Crippen molar-refractivity contribution in [2.45, 2.75) is 25.7 Å². The summed E-state index contributed by atoms with van der Waals surface area (Å²) >= 11 is 3.19. The molecule has 2 rings (SSSR count). The number of hydrogen-bond donors (Lipinski definition) is 2. The van der Waals surface area contributed by atoms with Crippen LogP contribution in [-0.2, 0) is 0 Å². The van der Waals surface area contributed by atoms with Crippen molar-refractivity contribution in [2.24, 2.45) is 0 Å². The molecule has 0 bridgehead atoms. The van der Waals surface area contributed by atoms with Gasteiger partial charge in [-0.1, -0.05) is 0 Å². The minimum Gasteiger partial charge on any atom is -0.506 e. The largest absolute Gasteiger partial charge is 0.506 e. The van der Waals surface area contributed by atoms with E-state index in [2.05, 4.69) is 21.2 Å². The minimum absolute atomic E-state index is 0.188. The fourth-order valence-electron chi connectivity index (χ4n) is 2.32. The van der Waals surface area contributed by atoms with E-state index in [0.29, 0.717) is 10.0 Å². The van der Waals surface area contributed by atoms with E-state index < -0.39 is 0 Å². The van der Waals surface area contributed by atoms with Crippen molar-refractivity contribution >= 4 is 15.9 Å². The highest BCUT2D eigenvalue weighted by molar-refractivity contribution is 9.10. The van der Waals surface area contributed by atoms with E-state index in [1.54, 1.807) is 6.92 Å². The Morgan fingerprint density at radius 3 is 2.94 bits per heavy atom. The highest BCUT2D eigenvalue weighted by atomic mass is 79.9. The van der Waals surface area contributed by atoms with Crippen LogP contribution in [0.3, 0.4) is 0 Å². The normalized spacial score (nSPS) is 21.1. The third kappa shape index (κ3) is 2.09. The Bertz CT molecular complexity index is 376. The van der Waals surface area contributed by atoms with Gasteiger partial charge in [-0.2, -0.15) is 0 Å². The van der Waals surface area contributed by atoms with Gasteiger partial charge in [0.15, 0.2) is 0 Å². The van der Waals surface area contributed by atoms with Crippen LogP contribution in [0.15, 0.2) is 10.5 Å². The van der Waals surface area contributed by atoms with E-state index in [1.807, 2.05) is 0 Å². The summed E-state index contributed by atoms with van der Waals surface area (Å²) in [5.74, 6) is 0.138. The lowest BCUT2D eigenvalue weighted by atomic mass is 9.88. The molecule has 2 nitrogen and oxygen atoms in total. The van der Waals surface area contributed by atoms with E-state index in [0.717, 1.165) is 31.5 Å². The van der Waals surface area contributed by atoms with Crippen LogP contribution in [0.4, 0.5) is 4.39 Å². The molecule has 1 aromatic rings. The Labute approximate surface area is 103 Å². The lowest BCUT2D eigenvalue weighted by Gasteiger charge is -2.25. The van der Waals surface area contributed by atoms with E-state index >= 15 is 0 Å². The van der Waals surface area contributed by atoms with E-state index in [4.69, 9.17) is 0 Å². The number of rotatable bonds is 1. The number of piperidine rings is 1. The molecule has 1 heterocycles. The Hall–Kier alpha value is -0.610. The summed E-state index contributed by atoms with van der Waals surface area (Å²) in [6.07, 6.45) is 2.06. The number of aromatic hydroxyl groups is 1. The van der Waals surface area contributed by atoms with Crippen LogP contribution in [0.25, 0.3) is 0 Å². The quantitative estimate of drug-likeness (QED) is 0.832. The molecule has 1 atom stereocenters. The zero-order chi connectivity index (χ0) is 11.7. The molecule has 0 aromatic heterocycles. The summed E-state index contributed by atoms with van der Waals surface area (Å²) in [6.45, 7) is 3.54. The molecule has 0 amide bonds. The van der Waals surface area contributed by atoms with Gasteiger partial charge in [-0.3, -0.25) is 0 Å². The van der Waals surface area contributed by atoms with Gasteiger partial charge in [-0.15, -0.1) is 0 Å². The zero-order valence-electron chi connectivity index (χ0n) is 9.19. The fraction of sp³-hybridized carbons (Fsp3) is 0.500. The van der Waals surface area contributed by atoms with Gasteiger partial charge in [-0.25, -0.2) is 4.39 Å². The van der Waals surface area contributed by atoms with Gasteiger partial charge in [0.25, 0.3) is 0 Å². The maximum Gasteiger partial charge on any atom is 0.133 e. The lowest BCUT2D eigenvalue weighted by molar-refractivity contribution is 0.418. The Morgan fingerprint density at radius 1 is 1.56 bits per heavy atom. The van der Waals surface area contributed by atoms with Crippen LogP contribution < -0.4 is 5.32 Å². The first-order valence-corrected chi connectivity index (χ1v) is 6.28. The van der Waals surface area contributed by atoms with Crippen LogP contribution in [0.1, 0.15) is 29.9 Å². The Balaban J connectivity index is 2.45. The molecule has 1 fully saturated rings. The maximum atomic E-state index is 13.6. The molecule has 4 heteroatoms. The van der Waals surface area contributed by atoms with Crippen molar-refractivity contribution in [1.82, 2.24) is 5.32 Å².